The standard InChI is InChI=1S/C7H9NOS/c9-10-4-2-6-5-8-3-1-7(6)10/h1,3,8H,2,4-5H2. The predicted molar refractivity (Wildman–Crippen MR) is 41.8 cm³/mol. The maximum atomic E-state index is 11.2. The number of nitrogens with one attached hydrogen (secondary N) is 1. The van der Waals surface area contributed by atoms with Crippen LogP contribution in [0.15, 0.2) is 22.8 Å². The van der Waals surface area contributed by atoms with E-state index in [1.165, 1.54) is 5.57 Å². The number of rotatable bonds is 0. The third-order valence-electron chi connectivity index (χ3n) is 1.85. The van der Waals surface area contributed by atoms with Crippen molar-refractivity contribution < 1.29 is 4.55 Å². The van der Waals surface area contributed by atoms with Crippen LogP contribution in [-0.2, 0) is 11.2 Å². The van der Waals surface area contributed by atoms with Gasteiger partial charge in [-0.1, -0.05) is 0 Å². The minimum absolute atomic E-state index is 0.687. The van der Waals surface area contributed by atoms with Gasteiger partial charge in [0.15, 0.2) is 4.91 Å². The van der Waals surface area contributed by atoms with Crippen LogP contribution in [0.4, 0.5) is 0 Å². The Hall–Kier alpha value is -0.410. The van der Waals surface area contributed by atoms with Crippen LogP contribution in [0.25, 0.3) is 0 Å². The Labute approximate surface area is 63.2 Å². The summed E-state index contributed by atoms with van der Waals surface area (Å²) in [5.41, 5.74) is 1.33. The van der Waals surface area contributed by atoms with Gasteiger partial charge < -0.3 is 9.87 Å². The Morgan fingerprint density at radius 3 is 3.30 bits per heavy atom. The Bertz CT molecular complexity index is 210. The third kappa shape index (κ3) is 0.859. The molecule has 1 atom stereocenters. The van der Waals surface area contributed by atoms with Gasteiger partial charge >= 0.3 is 0 Å². The summed E-state index contributed by atoms with van der Waals surface area (Å²) < 4.78 is 11.2. The summed E-state index contributed by atoms with van der Waals surface area (Å²) >= 11 is -0.687. The molecule has 2 rings (SSSR count). The smallest absolute Gasteiger partial charge is 0.155 e. The first-order valence-corrected chi connectivity index (χ1v) is 4.70. The molecule has 2 aliphatic heterocycles. The minimum Gasteiger partial charge on any atom is -0.611 e. The van der Waals surface area contributed by atoms with Crippen molar-refractivity contribution in [1.82, 2.24) is 5.32 Å². The molecule has 10 heavy (non-hydrogen) atoms. The van der Waals surface area contributed by atoms with Gasteiger partial charge in [-0.3, -0.25) is 0 Å². The number of hydrogen-bond donors (Lipinski definition) is 1. The first kappa shape index (κ1) is 6.31. The van der Waals surface area contributed by atoms with Crippen molar-refractivity contribution in [1.29, 1.82) is 0 Å². The molecule has 0 aromatic rings. The van der Waals surface area contributed by atoms with Crippen molar-refractivity contribution in [2.24, 2.45) is 0 Å². The Kier molecular flexibility index (Phi) is 1.47. The largest absolute Gasteiger partial charge is 0.611 e. The van der Waals surface area contributed by atoms with Crippen LogP contribution < -0.4 is 5.32 Å². The average Bonchev–Trinajstić information content (AvgIpc) is 2.34. The van der Waals surface area contributed by atoms with Crippen LogP contribution in [0, 0.1) is 0 Å². The molecule has 1 unspecified atom stereocenters. The summed E-state index contributed by atoms with van der Waals surface area (Å²) in [5.74, 6) is 0.830. The molecule has 2 nitrogen and oxygen atoms in total. The van der Waals surface area contributed by atoms with Crippen molar-refractivity contribution in [3.8, 4) is 0 Å². The number of hydrogen-bond acceptors (Lipinski definition) is 2. The van der Waals surface area contributed by atoms with Crippen LogP contribution in [0.1, 0.15) is 6.42 Å². The molecule has 54 valence electrons. The van der Waals surface area contributed by atoms with Gasteiger partial charge in [0, 0.05) is 30.8 Å². The molecular weight excluding hydrogens is 146 g/mol. The highest BCUT2D eigenvalue weighted by molar-refractivity contribution is 7.95. The lowest BCUT2D eigenvalue weighted by Crippen LogP contribution is -2.14. The Balaban J connectivity index is 2.30. The molecule has 0 saturated heterocycles. The van der Waals surface area contributed by atoms with Crippen LogP contribution in [0.2, 0.25) is 0 Å². The molecule has 0 radical (unpaired) electrons. The molecule has 0 aromatic heterocycles. The molecule has 0 fully saturated rings. The van der Waals surface area contributed by atoms with E-state index in [0.29, 0.717) is 0 Å². The lowest BCUT2D eigenvalue weighted by atomic mass is 10.1. The van der Waals surface area contributed by atoms with E-state index < -0.39 is 11.2 Å². The van der Waals surface area contributed by atoms with Crippen molar-refractivity contribution in [2.45, 2.75) is 6.42 Å². The van der Waals surface area contributed by atoms with E-state index in [1.807, 2.05) is 12.3 Å². The maximum Gasteiger partial charge on any atom is 0.155 e. The summed E-state index contributed by atoms with van der Waals surface area (Å²) in [5, 5.41) is 3.10. The van der Waals surface area contributed by atoms with E-state index in [2.05, 4.69) is 5.32 Å². The first-order chi connectivity index (χ1) is 4.88. The second-order valence-corrected chi connectivity index (χ2v) is 4.02. The SMILES string of the molecule is [O-][S+]1CCC2=C1C=CNC2. The summed E-state index contributed by atoms with van der Waals surface area (Å²) in [6.07, 6.45) is 4.82. The zero-order valence-corrected chi connectivity index (χ0v) is 6.41. The fraction of sp³-hybridized carbons (Fsp3) is 0.429. The molecule has 0 bridgehead atoms. The summed E-state index contributed by atoms with van der Waals surface area (Å²) in [6, 6.07) is 0. The summed E-state index contributed by atoms with van der Waals surface area (Å²) in [6.45, 7) is 0.900. The van der Waals surface area contributed by atoms with Gasteiger partial charge in [0.25, 0.3) is 0 Å². The number of allylic oxidation sites excluding steroid dienone is 1. The van der Waals surface area contributed by atoms with Gasteiger partial charge in [-0.15, -0.1) is 0 Å². The van der Waals surface area contributed by atoms with Crippen molar-refractivity contribution in [3.63, 3.8) is 0 Å². The molecular formula is C7H9NOS. The van der Waals surface area contributed by atoms with E-state index in [9.17, 15) is 4.55 Å². The molecule has 0 spiro atoms. The fourth-order valence-corrected chi connectivity index (χ4v) is 2.66. The van der Waals surface area contributed by atoms with Gasteiger partial charge in [-0.25, -0.2) is 0 Å². The van der Waals surface area contributed by atoms with Gasteiger partial charge in [-0.05, 0) is 11.2 Å². The van der Waals surface area contributed by atoms with Gasteiger partial charge in [0.2, 0.25) is 0 Å². The highest BCUT2D eigenvalue weighted by Crippen LogP contribution is 2.27. The molecule has 1 N–H and O–H groups in total. The van der Waals surface area contributed by atoms with E-state index in [4.69, 9.17) is 0 Å². The van der Waals surface area contributed by atoms with Gasteiger partial charge in [-0.2, -0.15) is 0 Å². The van der Waals surface area contributed by atoms with Crippen molar-refractivity contribution >= 4 is 11.2 Å². The highest BCUT2D eigenvalue weighted by Gasteiger charge is 2.26. The van der Waals surface area contributed by atoms with Crippen molar-refractivity contribution in [2.75, 3.05) is 12.3 Å². The van der Waals surface area contributed by atoms with Crippen LogP contribution >= 0.6 is 0 Å². The lowest BCUT2D eigenvalue weighted by molar-refractivity contribution is 0.604. The molecule has 2 aliphatic rings. The quantitative estimate of drug-likeness (QED) is 0.517. The molecule has 0 aromatic carbocycles. The molecule has 3 heteroatoms. The van der Waals surface area contributed by atoms with E-state index >= 15 is 0 Å². The molecule has 0 aliphatic carbocycles. The summed E-state index contributed by atoms with van der Waals surface area (Å²) in [7, 11) is 0. The molecule has 0 saturated carbocycles. The van der Waals surface area contributed by atoms with Crippen molar-refractivity contribution in [3.05, 3.63) is 22.8 Å². The predicted octanol–water partition coefficient (Wildman–Crippen LogP) is 0.510. The lowest BCUT2D eigenvalue weighted by Gasteiger charge is -2.08. The average molecular weight is 155 g/mol. The maximum absolute atomic E-state index is 11.2. The monoisotopic (exact) mass is 155 g/mol. The van der Waals surface area contributed by atoms with E-state index in [1.54, 1.807) is 0 Å². The third-order valence-corrected chi connectivity index (χ3v) is 3.34. The topological polar surface area (TPSA) is 35.1 Å². The highest BCUT2D eigenvalue weighted by atomic mass is 32.2. The Morgan fingerprint density at radius 2 is 2.50 bits per heavy atom. The normalized spacial score (nSPS) is 30.3. The Morgan fingerprint density at radius 1 is 1.60 bits per heavy atom. The second-order valence-electron chi connectivity index (χ2n) is 2.48. The number of dihydropyridines is 1. The van der Waals surface area contributed by atoms with Gasteiger partial charge in [0.05, 0.1) is 0 Å². The van der Waals surface area contributed by atoms with E-state index in [-0.39, 0.29) is 0 Å². The zero-order valence-electron chi connectivity index (χ0n) is 5.59. The first-order valence-electron chi connectivity index (χ1n) is 3.38. The minimum atomic E-state index is -0.687. The van der Waals surface area contributed by atoms with Crippen LogP contribution in [-0.4, -0.2) is 16.9 Å². The van der Waals surface area contributed by atoms with E-state index in [0.717, 1.165) is 23.6 Å². The molecule has 0 amide bonds. The fourth-order valence-electron chi connectivity index (χ4n) is 1.30. The zero-order chi connectivity index (χ0) is 6.97. The molecule has 2 heterocycles. The van der Waals surface area contributed by atoms with Crippen LogP contribution in [0.5, 0.6) is 0 Å². The van der Waals surface area contributed by atoms with Gasteiger partial charge in [0.1, 0.15) is 5.75 Å². The second kappa shape index (κ2) is 2.32. The van der Waals surface area contributed by atoms with Crippen LogP contribution in [0.3, 0.4) is 0 Å². The summed E-state index contributed by atoms with van der Waals surface area (Å²) in [4.78, 5) is 1.07.